The molecule has 4 rings (SSSR count). The summed E-state index contributed by atoms with van der Waals surface area (Å²) in [4.78, 5) is 38.1. The van der Waals surface area contributed by atoms with Crippen LogP contribution in [0.25, 0.3) is 0 Å². The smallest absolute Gasteiger partial charge is 0.418 e. The second-order valence-electron chi connectivity index (χ2n) is 7.29. The molecule has 2 aromatic carbocycles. The zero-order chi connectivity index (χ0) is 24.3. The van der Waals surface area contributed by atoms with Crippen molar-refractivity contribution in [2.45, 2.75) is 12.6 Å². The minimum absolute atomic E-state index is 0.0380. The van der Waals surface area contributed by atoms with Crippen molar-refractivity contribution in [3.8, 4) is 5.75 Å². The molecule has 1 aromatic heterocycles. The van der Waals surface area contributed by atoms with Gasteiger partial charge in [-0.05, 0) is 42.5 Å². The summed E-state index contributed by atoms with van der Waals surface area (Å²) in [6, 6.07) is 12.6. The van der Waals surface area contributed by atoms with Gasteiger partial charge in [0, 0.05) is 18.7 Å². The van der Waals surface area contributed by atoms with Gasteiger partial charge in [-0.15, -0.1) is 0 Å². The Morgan fingerprint density at radius 2 is 1.82 bits per heavy atom. The Kier molecular flexibility index (Phi) is 6.26. The Morgan fingerprint density at radius 1 is 1.03 bits per heavy atom. The van der Waals surface area contributed by atoms with E-state index in [1.165, 1.54) is 29.4 Å². The van der Waals surface area contributed by atoms with Gasteiger partial charge in [0.25, 0.3) is 11.8 Å². The van der Waals surface area contributed by atoms with Gasteiger partial charge >= 0.3 is 6.18 Å². The first-order chi connectivity index (χ1) is 16.2. The molecule has 0 atom stereocenters. The van der Waals surface area contributed by atoms with E-state index in [1.54, 1.807) is 24.3 Å². The van der Waals surface area contributed by atoms with Gasteiger partial charge < -0.3 is 24.7 Å². The molecule has 34 heavy (non-hydrogen) atoms. The molecule has 0 saturated carbocycles. The number of halogens is 3. The molecule has 11 heteroatoms. The minimum Gasteiger partial charge on any atom is -0.482 e. The number of furan rings is 1. The van der Waals surface area contributed by atoms with Crippen LogP contribution in [-0.2, 0) is 15.8 Å². The van der Waals surface area contributed by atoms with Gasteiger partial charge in [0.05, 0.1) is 23.2 Å². The number of nitrogens with one attached hydrogen (secondary N) is 2. The highest BCUT2D eigenvalue weighted by atomic mass is 19.4. The molecule has 1 aliphatic rings. The maximum absolute atomic E-state index is 13.6. The third-order valence-electron chi connectivity index (χ3n) is 4.97. The van der Waals surface area contributed by atoms with Gasteiger partial charge in [0.1, 0.15) is 5.75 Å². The first-order valence-corrected chi connectivity index (χ1v) is 10.1. The van der Waals surface area contributed by atoms with Crippen molar-refractivity contribution < 1.29 is 36.7 Å². The van der Waals surface area contributed by atoms with Crippen molar-refractivity contribution in [1.82, 2.24) is 0 Å². The molecular formula is C23H18F3N3O5. The number of hydrogen-bond donors (Lipinski definition) is 2. The highest BCUT2D eigenvalue weighted by Gasteiger charge is 2.34. The monoisotopic (exact) mass is 473 g/mol. The number of para-hydroxylation sites is 2. The molecule has 0 unspecified atom stereocenters. The van der Waals surface area contributed by atoms with Crippen molar-refractivity contribution in [3.63, 3.8) is 0 Å². The number of anilines is 3. The van der Waals surface area contributed by atoms with Crippen LogP contribution in [0.2, 0.25) is 0 Å². The van der Waals surface area contributed by atoms with E-state index in [9.17, 15) is 27.6 Å². The van der Waals surface area contributed by atoms with Crippen LogP contribution in [0.3, 0.4) is 0 Å². The van der Waals surface area contributed by atoms with Gasteiger partial charge in [0.2, 0.25) is 5.91 Å². The summed E-state index contributed by atoms with van der Waals surface area (Å²) < 4.78 is 51.2. The first kappa shape index (κ1) is 22.9. The van der Waals surface area contributed by atoms with Crippen molar-refractivity contribution >= 4 is 34.8 Å². The van der Waals surface area contributed by atoms with Crippen LogP contribution in [0.15, 0.2) is 65.3 Å². The lowest BCUT2D eigenvalue weighted by atomic mass is 10.1. The van der Waals surface area contributed by atoms with Crippen LogP contribution >= 0.6 is 0 Å². The molecule has 8 nitrogen and oxygen atoms in total. The van der Waals surface area contributed by atoms with Crippen LogP contribution in [0, 0.1) is 0 Å². The van der Waals surface area contributed by atoms with Crippen molar-refractivity contribution in [2.75, 3.05) is 28.7 Å². The quantitative estimate of drug-likeness (QED) is 0.556. The summed E-state index contributed by atoms with van der Waals surface area (Å²) in [6.45, 7) is -0.230. The van der Waals surface area contributed by atoms with Crippen molar-refractivity contribution in [1.29, 1.82) is 0 Å². The number of ether oxygens (including phenoxy) is 1. The largest absolute Gasteiger partial charge is 0.482 e. The predicted octanol–water partition coefficient (Wildman–Crippen LogP) is 4.30. The van der Waals surface area contributed by atoms with Crippen molar-refractivity contribution in [3.05, 3.63) is 72.2 Å². The van der Waals surface area contributed by atoms with Gasteiger partial charge in [0.15, 0.2) is 12.4 Å². The SMILES string of the molecule is O=C(CCN1C(=O)COc2ccccc21)Nc1ccc(NC(=O)c2ccco2)cc1C(F)(F)F. The zero-order valence-electron chi connectivity index (χ0n) is 17.5. The molecule has 0 radical (unpaired) electrons. The van der Waals surface area contributed by atoms with E-state index in [-0.39, 0.29) is 36.9 Å². The number of hydrogen-bond acceptors (Lipinski definition) is 5. The van der Waals surface area contributed by atoms with E-state index in [0.717, 1.165) is 12.1 Å². The Bertz CT molecular complexity index is 1220. The molecule has 3 aromatic rings. The number of carbonyl (C=O) groups excluding carboxylic acids is 3. The maximum atomic E-state index is 13.6. The fourth-order valence-corrected chi connectivity index (χ4v) is 3.39. The lowest BCUT2D eigenvalue weighted by Crippen LogP contribution is -2.40. The summed E-state index contributed by atoms with van der Waals surface area (Å²) in [5.41, 5.74) is -1.24. The van der Waals surface area contributed by atoms with Crippen LogP contribution in [0.1, 0.15) is 22.5 Å². The third-order valence-corrected chi connectivity index (χ3v) is 4.97. The van der Waals surface area contributed by atoms with E-state index >= 15 is 0 Å². The summed E-state index contributed by atoms with van der Waals surface area (Å²) in [6.07, 6.45) is -3.78. The zero-order valence-corrected chi connectivity index (χ0v) is 17.5. The van der Waals surface area contributed by atoms with E-state index in [4.69, 9.17) is 9.15 Å². The second kappa shape index (κ2) is 9.30. The number of alkyl halides is 3. The highest BCUT2D eigenvalue weighted by Crippen LogP contribution is 2.37. The highest BCUT2D eigenvalue weighted by molar-refractivity contribution is 6.03. The molecule has 0 fully saturated rings. The third kappa shape index (κ3) is 5.03. The average molecular weight is 473 g/mol. The van der Waals surface area contributed by atoms with Gasteiger partial charge in [-0.2, -0.15) is 13.2 Å². The van der Waals surface area contributed by atoms with E-state index in [1.807, 2.05) is 0 Å². The lowest BCUT2D eigenvalue weighted by Gasteiger charge is -2.29. The predicted molar refractivity (Wildman–Crippen MR) is 116 cm³/mol. The van der Waals surface area contributed by atoms with E-state index in [0.29, 0.717) is 11.4 Å². The fraction of sp³-hybridized carbons (Fsp3) is 0.174. The molecule has 0 aliphatic carbocycles. The molecule has 0 bridgehead atoms. The Morgan fingerprint density at radius 3 is 2.56 bits per heavy atom. The maximum Gasteiger partial charge on any atom is 0.418 e. The van der Waals surface area contributed by atoms with Crippen LogP contribution in [0.4, 0.5) is 30.2 Å². The molecule has 0 spiro atoms. The number of rotatable bonds is 6. The van der Waals surface area contributed by atoms with E-state index < -0.39 is 29.2 Å². The lowest BCUT2D eigenvalue weighted by molar-refractivity contribution is -0.137. The van der Waals surface area contributed by atoms with E-state index in [2.05, 4.69) is 10.6 Å². The number of amides is 3. The topological polar surface area (TPSA) is 101 Å². The molecule has 1 aliphatic heterocycles. The van der Waals surface area contributed by atoms with Crippen LogP contribution in [0.5, 0.6) is 5.75 Å². The molecule has 3 amide bonds. The number of carbonyl (C=O) groups is 3. The Labute approximate surface area is 191 Å². The summed E-state index contributed by atoms with van der Waals surface area (Å²) in [7, 11) is 0. The molecule has 176 valence electrons. The molecule has 2 N–H and O–H groups in total. The minimum atomic E-state index is -4.80. The molecule has 2 heterocycles. The van der Waals surface area contributed by atoms with Crippen LogP contribution in [-0.4, -0.2) is 30.9 Å². The summed E-state index contributed by atoms with van der Waals surface area (Å²) in [5, 5.41) is 4.56. The Balaban J connectivity index is 1.46. The average Bonchev–Trinajstić information content (AvgIpc) is 3.34. The number of nitrogens with zero attached hydrogens (tertiary/aromatic N) is 1. The number of fused-ring (bicyclic) bond motifs is 1. The molecule has 0 saturated heterocycles. The van der Waals surface area contributed by atoms with Gasteiger partial charge in [-0.3, -0.25) is 14.4 Å². The first-order valence-electron chi connectivity index (χ1n) is 10.1. The molecular weight excluding hydrogens is 455 g/mol. The van der Waals surface area contributed by atoms with Crippen molar-refractivity contribution in [2.24, 2.45) is 0 Å². The van der Waals surface area contributed by atoms with Gasteiger partial charge in [-0.25, -0.2) is 0 Å². The number of benzene rings is 2. The fourth-order valence-electron chi connectivity index (χ4n) is 3.39. The Hall–Kier alpha value is -4.28. The normalized spacial score (nSPS) is 13.1. The van der Waals surface area contributed by atoms with Gasteiger partial charge in [-0.1, -0.05) is 12.1 Å². The second-order valence-corrected chi connectivity index (χ2v) is 7.29. The standard InChI is InChI=1S/C23H18F3N3O5/c24-23(25,26)15-12-14(27-22(32)19-6-3-11-33-19)7-8-16(15)28-20(30)9-10-29-17-4-1-2-5-18(17)34-13-21(29)31/h1-8,11-12H,9-10,13H2,(H,27,32)(H,28,30). The van der Waals surface area contributed by atoms with Crippen LogP contribution < -0.4 is 20.3 Å². The summed E-state index contributed by atoms with van der Waals surface area (Å²) in [5.74, 6) is -1.38. The summed E-state index contributed by atoms with van der Waals surface area (Å²) >= 11 is 0.